The average Bonchev–Trinajstić information content (AvgIpc) is 2.79. The van der Waals surface area contributed by atoms with Crippen molar-refractivity contribution < 1.29 is 14.7 Å². The van der Waals surface area contributed by atoms with Gasteiger partial charge in [-0.3, -0.25) is 9.59 Å². The Kier molecular flexibility index (Phi) is 5.44. The van der Waals surface area contributed by atoms with Crippen LogP contribution in [0.15, 0.2) is 36.1 Å². The first kappa shape index (κ1) is 15.6. The molecule has 0 spiro atoms. The van der Waals surface area contributed by atoms with Gasteiger partial charge in [-0.05, 0) is 42.0 Å². The molecular formula is C16H19NO3S. The van der Waals surface area contributed by atoms with E-state index in [1.165, 1.54) is 10.5 Å². The minimum Gasteiger partial charge on any atom is -0.515 e. The molecule has 0 aromatic heterocycles. The Hall–Kier alpha value is -1.75. The number of hydrogen-bond donors (Lipinski definition) is 1. The number of ketones is 1. The van der Waals surface area contributed by atoms with Gasteiger partial charge >= 0.3 is 0 Å². The lowest BCUT2D eigenvalue weighted by Gasteiger charge is -2.14. The summed E-state index contributed by atoms with van der Waals surface area (Å²) in [6.07, 6.45) is 2.75. The topological polar surface area (TPSA) is 57.6 Å². The molecule has 1 aromatic carbocycles. The van der Waals surface area contributed by atoms with E-state index < -0.39 is 5.91 Å². The Balaban J connectivity index is 2.00. The third-order valence-electron chi connectivity index (χ3n) is 3.41. The molecule has 1 aliphatic rings. The summed E-state index contributed by atoms with van der Waals surface area (Å²) >= 11 is 1.93. The number of thioether (sulfide) groups is 1. The van der Waals surface area contributed by atoms with Crippen molar-refractivity contribution in [3.05, 3.63) is 41.7 Å². The van der Waals surface area contributed by atoms with Crippen molar-refractivity contribution in [2.45, 2.75) is 19.8 Å². The lowest BCUT2D eigenvalue weighted by Crippen LogP contribution is -2.24. The van der Waals surface area contributed by atoms with E-state index in [0.29, 0.717) is 11.9 Å². The second kappa shape index (κ2) is 7.31. The number of amides is 1. The molecular weight excluding hydrogens is 286 g/mol. The van der Waals surface area contributed by atoms with E-state index in [2.05, 4.69) is 6.92 Å². The van der Waals surface area contributed by atoms with Crippen molar-refractivity contribution in [1.29, 1.82) is 0 Å². The molecule has 1 heterocycles. The maximum absolute atomic E-state index is 12.0. The van der Waals surface area contributed by atoms with Crippen LogP contribution in [0.25, 0.3) is 0 Å². The Bertz CT molecular complexity index is 551. The van der Waals surface area contributed by atoms with Gasteiger partial charge in [0.05, 0.1) is 12.8 Å². The Morgan fingerprint density at radius 3 is 2.57 bits per heavy atom. The van der Waals surface area contributed by atoms with Gasteiger partial charge in [0.1, 0.15) is 5.57 Å². The molecule has 1 aromatic rings. The van der Waals surface area contributed by atoms with Crippen LogP contribution in [0.3, 0.4) is 0 Å². The second-order valence-electron chi connectivity index (χ2n) is 4.82. The van der Waals surface area contributed by atoms with Crippen LogP contribution in [-0.2, 0) is 16.0 Å². The van der Waals surface area contributed by atoms with Crippen molar-refractivity contribution in [3.63, 3.8) is 0 Å². The Morgan fingerprint density at radius 1 is 1.29 bits per heavy atom. The fraction of sp³-hybridized carbons (Fsp3) is 0.375. The van der Waals surface area contributed by atoms with Gasteiger partial charge in [-0.25, -0.2) is 0 Å². The highest BCUT2D eigenvalue weighted by molar-refractivity contribution is 7.99. The molecule has 1 aliphatic heterocycles. The van der Waals surface area contributed by atoms with Crippen LogP contribution in [0.5, 0.6) is 0 Å². The molecule has 0 radical (unpaired) electrons. The Morgan fingerprint density at radius 2 is 2.00 bits per heavy atom. The summed E-state index contributed by atoms with van der Waals surface area (Å²) in [5.74, 6) is 1.52. The number of carbonyl (C=O) groups is 2. The number of nitrogens with zero attached hydrogens (tertiary/aromatic N) is 1. The monoisotopic (exact) mass is 305 g/mol. The van der Waals surface area contributed by atoms with Gasteiger partial charge in [0.25, 0.3) is 5.91 Å². The lowest BCUT2D eigenvalue weighted by atomic mass is 10.1. The van der Waals surface area contributed by atoms with Gasteiger partial charge in [-0.1, -0.05) is 19.1 Å². The van der Waals surface area contributed by atoms with Crippen molar-refractivity contribution in [1.82, 2.24) is 0 Å². The van der Waals surface area contributed by atoms with Crippen LogP contribution in [0, 0.1) is 0 Å². The molecule has 0 atom stereocenters. The van der Waals surface area contributed by atoms with Gasteiger partial charge in [-0.2, -0.15) is 11.8 Å². The van der Waals surface area contributed by atoms with E-state index in [0.717, 1.165) is 24.3 Å². The van der Waals surface area contributed by atoms with Crippen LogP contribution in [0.1, 0.15) is 18.9 Å². The van der Waals surface area contributed by atoms with Crippen molar-refractivity contribution >= 4 is 29.1 Å². The van der Waals surface area contributed by atoms with E-state index >= 15 is 0 Å². The number of carbonyl (C=O) groups excluding carboxylic acids is 2. The van der Waals surface area contributed by atoms with Crippen LogP contribution < -0.4 is 4.90 Å². The van der Waals surface area contributed by atoms with Gasteiger partial charge in [0.15, 0.2) is 5.78 Å². The SMILES string of the molecule is CCSCCCc1ccc(N2CC(=O)/C(=C\O)C2=O)cc1. The molecule has 2 rings (SSSR count). The highest BCUT2D eigenvalue weighted by Crippen LogP contribution is 2.23. The quantitative estimate of drug-likeness (QED) is 0.380. The summed E-state index contributed by atoms with van der Waals surface area (Å²) in [5.41, 5.74) is 1.78. The zero-order chi connectivity index (χ0) is 15.2. The normalized spacial score (nSPS) is 17.0. The fourth-order valence-corrected chi connectivity index (χ4v) is 2.90. The zero-order valence-electron chi connectivity index (χ0n) is 12.0. The molecule has 112 valence electrons. The number of aliphatic hydroxyl groups is 1. The van der Waals surface area contributed by atoms with E-state index in [-0.39, 0.29) is 17.9 Å². The molecule has 0 aliphatic carbocycles. The molecule has 0 bridgehead atoms. The molecule has 4 nitrogen and oxygen atoms in total. The second-order valence-corrected chi connectivity index (χ2v) is 6.22. The fourth-order valence-electron chi connectivity index (χ4n) is 2.27. The number of Topliss-reactive ketones (excluding diaryl/α,β-unsaturated/α-hetero) is 1. The average molecular weight is 305 g/mol. The zero-order valence-corrected chi connectivity index (χ0v) is 12.9. The van der Waals surface area contributed by atoms with Crippen LogP contribution in [-0.4, -0.2) is 34.8 Å². The van der Waals surface area contributed by atoms with E-state index in [4.69, 9.17) is 5.11 Å². The standard InChI is InChI=1S/C16H19NO3S/c1-2-21-9-3-4-12-5-7-13(8-6-12)17-10-15(19)14(11-18)16(17)20/h5-8,11,18H,2-4,9-10H2,1H3/b14-11+. The summed E-state index contributed by atoms with van der Waals surface area (Å²) in [7, 11) is 0. The molecule has 0 unspecified atom stereocenters. The first-order chi connectivity index (χ1) is 10.2. The van der Waals surface area contributed by atoms with Gasteiger partial charge in [0, 0.05) is 5.69 Å². The van der Waals surface area contributed by atoms with Crippen molar-refractivity contribution in [2.24, 2.45) is 0 Å². The van der Waals surface area contributed by atoms with E-state index in [1.54, 1.807) is 0 Å². The van der Waals surface area contributed by atoms with Gasteiger partial charge < -0.3 is 10.0 Å². The minimum absolute atomic E-state index is 0.00227. The molecule has 1 N–H and O–H groups in total. The maximum Gasteiger partial charge on any atom is 0.265 e. The molecule has 1 fully saturated rings. The summed E-state index contributed by atoms with van der Waals surface area (Å²) < 4.78 is 0. The number of aliphatic hydroxyl groups excluding tert-OH is 1. The van der Waals surface area contributed by atoms with Gasteiger partial charge in [-0.15, -0.1) is 0 Å². The summed E-state index contributed by atoms with van der Waals surface area (Å²) in [5, 5.41) is 8.92. The third kappa shape index (κ3) is 3.67. The predicted octanol–water partition coefficient (Wildman–Crippen LogP) is 2.73. The molecule has 1 amide bonds. The van der Waals surface area contributed by atoms with Crippen LogP contribution >= 0.6 is 11.8 Å². The lowest BCUT2D eigenvalue weighted by molar-refractivity contribution is -0.116. The number of aryl methyl sites for hydroxylation is 1. The van der Waals surface area contributed by atoms with Gasteiger partial charge in [0.2, 0.25) is 0 Å². The molecule has 21 heavy (non-hydrogen) atoms. The van der Waals surface area contributed by atoms with Crippen molar-refractivity contribution in [3.8, 4) is 0 Å². The van der Waals surface area contributed by atoms with Crippen molar-refractivity contribution in [2.75, 3.05) is 23.0 Å². The summed E-state index contributed by atoms with van der Waals surface area (Å²) in [6, 6.07) is 7.69. The number of benzene rings is 1. The minimum atomic E-state index is -0.436. The molecule has 1 saturated heterocycles. The van der Waals surface area contributed by atoms with Crippen LogP contribution in [0.4, 0.5) is 5.69 Å². The Labute approximate surface area is 128 Å². The smallest absolute Gasteiger partial charge is 0.265 e. The number of rotatable bonds is 6. The van der Waals surface area contributed by atoms with E-state index in [1.807, 2.05) is 36.0 Å². The number of hydrogen-bond acceptors (Lipinski definition) is 4. The third-order valence-corrected chi connectivity index (χ3v) is 4.40. The summed E-state index contributed by atoms with van der Waals surface area (Å²) in [6.45, 7) is 2.15. The number of anilines is 1. The first-order valence-corrected chi connectivity index (χ1v) is 8.19. The van der Waals surface area contributed by atoms with E-state index in [9.17, 15) is 9.59 Å². The van der Waals surface area contributed by atoms with Crippen LogP contribution in [0.2, 0.25) is 0 Å². The first-order valence-electron chi connectivity index (χ1n) is 7.03. The predicted molar refractivity (Wildman–Crippen MR) is 85.8 cm³/mol. The highest BCUT2D eigenvalue weighted by atomic mass is 32.2. The summed E-state index contributed by atoms with van der Waals surface area (Å²) in [4.78, 5) is 24.9. The highest BCUT2D eigenvalue weighted by Gasteiger charge is 2.34. The largest absolute Gasteiger partial charge is 0.515 e. The maximum atomic E-state index is 12.0. The molecule has 5 heteroatoms. The molecule has 0 saturated carbocycles.